The lowest BCUT2D eigenvalue weighted by Crippen LogP contribution is -2.33. The van der Waals surface area contributed by atoms with Gasteiger partial charge in [-0.2, -0.15) is 24.5 Å². The molecule has 0 aromatic carbocycles. The predicted molar refractivity (Wildman–Crippen MR) is 111 cm³/mol. The Hall–Kier alpha value is -2.66. The van der Waals surface area contributed by atoms with Crippen LogP contribution in [0.15, 0.2) is 33.8 Å². The summed E-state index contributed by atoms with van der Waals surface area (Å²) in [7, 11) is 4.02. The fourth-order valence-electron chi connectivity index (χ4n) is 3.11. The summed E-state index contributed by atoms with van der Waals surface area (Å²) in [5.41, 5.74) is 3.09. The molecular formula is C20H24F3N3O4S. The van der Waals surface area contributed by atoms with Gasteiger partial charge in [0.05, 0.1) is 5.56 Å². The van der Waals surface area contributed by atoms with Crippen molar-refractivity contribution in [1.29, 1.82) is 0 Å². The van der Waals surface area contributed by atoms with E-state index in [9.17, 15) is 22.8 Å². The molecule has 0 aliphatic carbocycles. The number of carbonyl (C=O) groups is 2. The minimum Gasteiger partial charge on any atom is -0.475 e. The lowest BCUT2D eigenvalue weighted by atomic mass is 10.1. The SMILES string of the molecule is CN(C)CCn1c2c(ccc1=O)CCN(C(=O)c1ccsc1)CC2.O=C(O)C(F)(F)F. The van der Waals surface area contributed by atoms with Crippen LogP contribution in [-0.2, 0) is 24.2 Å². The maximum atomic E-state index is 12.6. The number of hydrogen-bond acceptors (Lipinski definition) is 5. The molecule has 0 atom stereocenters. The first-order valence-electron chi connectivity index (χ1n) is 9.48. The van der Waals surface area contributed by atoms with Crippen molar-refractivity contribution in [3.8, 4) is 0 Å². The van der Waals surface area contributed by atoms with Gasteiger partial charge in [-0.05, 0) is 37.5 Å². The summed E-state index contributed by atoms with van der Waals surface area (Å²) in [6.07, 6.45) is -3.55. The first-order valence-corrected chi connectivity index (χ1v) is 10.4. The molecule has 0 saturated heterocycles. The number of halogens is 3. The molecule has 1 aliphatic heterocycles. The number of thiophene rings is 1. The second-order valence-corrected chi connectivity index (χ2v) is 7.99. The molecule has 11 heteroatoms. The van der Waals surface area contributed by atoms with E-state index in [-0.39, 0.29) is 11.5 Å². The number of aromatic nitrogens is 1. The second kappa shape index (κ2) is 10.6. The Morgan fingerprint density at radius 2 is 1.81 bits per heavy atom. The van der Waals surface area contributed by atoms with E-state index in [1.54, 1.807) is 17.4 Å². The summed E-state index contributed by atoms with van der Waals surface area (Å²) in [6, 6.07) is 5.46. The summed E-state index contributed by atoms with van der Waals surface area (Å²) in [4.78, 5) is 37.8. The van der Waals surface area contributed by atoms with Crippen LogP contribution in [0.25, 0.3) is 0 Å². The van der Waals surface area contributed by atoms with Crippen LogP contribution in [0.2, 0.25) is 0 Å². The van der Waals surface area contributed by atoms with Crippen LogP contribution in [0.3, 0.4) is 0 Å². The van der Waals surface area contributed by atoms with Gasteiger partial charge in [0.2, 0.25) is 0 Å². The summed E-state index contributed by atoms with van der Waals surface area (Å²) in [6.45, 7) is 2.88. The van der Waals surface area contributed by atoms with Gasteiger partial charge in [0, 0.05) is 49.7 Å². The zero-order chi connectivity index (χ0) is 23.2. The lowest BCUT2D eigenvalue weighted by Gasteiger charge is -2.20. The van der Waals surface area contributed by atoms with Gasteiger partial charge in [0.25, 0.3) is 11.5 Å². The quantitative estimate of drug-likeness (QED) is 0.759. The van der Waals surface area contributed by atoms with Crippen molar-refractivity contribution in [1.82, 2.24) is 14.4 Å². The zero-order valence-electron chi connectivity index (χ0n) is 17.2. The van der Waals surface area contributed by atoms with Crippen molar-refractivity contribution < 1.29 is 27.9 Å². The number of fused-ring (bicyclic) bond motifs is 1. The van der Waals surface area contributed by atoms with Crippen molar-refractivity contribution in [2.75, 3.05) is 33.7 Å². The van der Waals surface area contributed by atoms with Crippen LogP contribution in [0, 0.1) is 0 Å². The normalized spacial score (nSPS) is 13.8. The minimum absolute atomic E-state index is 0.0493. The summed E-state index contributed by atoms with van der Waals surface area (Å²) < 4.78 is 33.6. The number of alkyl halides is 3. The van der Waals surface area contributed by atoms with Gasteiger partial charge in [0.1, 0.15) is 0 Å². The topological polar surface area (TPSA) is 82.9 Å². The van der Waals surface area contributed by atoms with Crippen LogP contribution in [0.5, 0.6) is 0 Å². The molecule has 0 unspecified atom stereocenters. The summed E-state index contributed by atoms with van der Waals surface area (Å²) in [5.74, 6) is -2.67. The molecule has 0 saturated carbocycles. The number of likely N-dealkylation sites (N-methyl/N-ethyl adjacent to an activating group) is 1. The van der Waals surface area contributed by atoms with Crippen molar-refractivity contribution in [3.05, 3.63) is 56.1 Å². The van der Waals surface area contributed by atoms with E-state index in [1.807, 2.05) is 46.5 Å². The Morgan fingerprint density at radius 1 is 1.16 bits per heavy atom. The molecule has 1 N–H and O–H groups in total. The molecule has 3 heterocycles. The van der Waals surface area contributed by atoms with Crippen LogP contribution in [-0.4, -0.2) is 71.3 Å². The Labute approximate surface area is 181 Å². The number of hydrogen-bond donors (Lipinski definition) is 1. The van der Waals surface area contributed by atoms with Crippen molar-refractivity contribution >= 4 is 23.2 Å². The van der Waals surface area contributed by atoms with E-state index in [4.69, 9.17) is 9.90 Å². The third-order valence-electron chi connectivity index (χ3n) is 4.73. The highest BCUT2D eigenvalue weighted by Crippen LogP contribution is 2.17. The highest BCUT2D eigenvalue weighted by Gasteiger charge is 2.38. The Kier molecular flexibility index (Phi) is 8.40. The molecule has 1 aliphatic rings. The van der Waals surface area contributed by atoms with Crippen LogP contribution in [0.4, 0.5) is 13.2 Å². The lowest BCUT2D eigenvalue weighted by molar-refractivity contribution is -0.192. The van der Waals surface area contributed by atoms with E-state index < -0.39 is 12.1 Å². The molecule has 7 nitrogen and oxygen atoms in total. The van der Waals surface area contributed by atoms with Gasteiger partial charge in [-0.1, -0.05) is 6.07 Å². The van der Waals surface area contributed by atoms with E-state index in [1.165, 1.54) is 5.56 Å². The molecule has 2 aromatic heterocycles. The highest BCUT2D eigenvalue weighted by atomic mass is 32.1. The minimum atomic E-state index is -5.08. The van der Waals surface area contributed by atoms with E-state index in [0.29, 0.717) is 19.6 Å². The molecule has 0 radical (unpaired) electrons. The third-order valence-corrected chi connectivity index (χ3v) is 5.41. The molecule has 3 rings (SSSR count). The van der Waals surface area contributed by atoms with E-state index >= 15 is 0 Å². The van der Waals surface area contributed by atoms with Gasteiger partial charge < -0.3 is 19.5 Å². The zero-order valence-corrected chi connectivity index (χ0v) is 18.0. The average molecular weight is 459 g/mol. The maximum Gasteiger partial charge on any atom is 0.490 e. The summed E-state index contributed by atoms with van der Waals surface area (Å²) >= 11 is 1.54. The first kappa shape index (κ1) is 24.6. The van der Waals surface area contributed by atoms with Gasteiger partial charge in [-0.15, -0.1) is 0 Å². The van der Waals surface area contributed by atoms with Gasteiger partial charge in [0.15, 0.2) is 0 Å². The van der Waals surface area contributed by atoms with Crippen LogP contribution < -0.4 is 5.56 Å². The molecule has 0 spiro atoms. The van der Waals surface area contributed by atoms with Gasteiger partial charge in [-0.3, -0.25) is 9.59 Å². The van der Waals surface area contributed by atoms with E-state index in [0.717, 1.165) is 30.6 Å². The third kappa shape index (κ3) is 6.93. The van der Waals surface area contributed by atoms with E-state index in [2.05, 4.69) is 4.90 Å². The van der Waals surface area contributed by atoms with Crippen LogP contribution in [0.1, 0.15) is 21.6 Å². The smallest absolute Gasteiger partial charge is 0.475 e. The fourth-order valence-corrected chi connectivity index (χ4v) is 3.74. The van der Waals surface area contributed by atoms with Crippen molar-refractivity contribution in [3.63, 3.8) is 0 Å². The molecule has 2 aromatic rings. The Bertz CT molecular complexity index is 956. The standard InChI is InChI=1S/C18H23N3O2S.C2HF3O2/c1-19(2)10-11-21-16-6-9-20(18(23)15-7-12-24-13-15)8-5-14(16)3-4-17(21)22;3-2(4,5)1(6)7/h3-4,7,12-13H,5-6,8-11H2,1-2H3;(H,6,7). The van der Waals surface area contributed by atoms with Gasteiger partial charge in [-0.25, -0.2) is 4.79 Å². The average Bonchev–Trinajstić information content (AvgIpc) is 3.13. The number of nitrogens with zero attached hydrogens (tertiary/aromatic N) is 3. The molecule has 1 amide bonds. The molecule has 0 bridgehead atoms. The monoisotopic (exact) mass is 459 g/mol. The second-order valence-electron chi connectivity index (χ2n) is 7.21. The Balaban J connectivity index is 0.000000423. The van der Waals surface area contributed by atoms with Crippen molar-refractivity contribution in [2.45, 2.75) is 25.6 Å². The number of aliphatic carboxylic acids is 1. The largest absolute Gasteiger partial charge is 0.490 e. The first-order chi connectivity index (χ1) is 14.5. The number of rotatable bonds is 4. The van der Waals surface area contributed by atoms with Crippen molar-refractivity contribution in [2.24, 2.45) is 0 Å². The number of pyridine rings is 1. The molecular weight excluding hydrogens is 435 g/mol. The fraction of sp³-hybridized carbons (Fsp3) is 0.450. The number of amides is 1. The highest BCUT2D eigenvalue weighted by molar-refractivity contribution is 7.08. The Morgan fingerprint density at radius 3 is 2.35 bits per heavy atom. The number of carboxylic acids is 1. The van der Waals surface area contributed by atoms with Crippen LogP contribution >= 0.6 is 11.3 Å². The summed E-state index contributed by atoms with van der Waals surface area (Å²) in [5, 5.41) is 11.0. The molecule has 170 valence electrons. The predicted octanol–water partition coefficient (Wildman–Crippen LogP) is 2.35. The number of carboxylic acid groups (broad SMARTS) is 1. The molecule has 0 fully saturated rings. The number of carbonyl (C=O) groups excluding carboxylic acids is 1. The van der Waals surface area contributed by atoms with Gasteiger partial charge >= 0.3 is 12.1 Å². The maximum absolute atomic E-state index is 12.6. The molecule has 31 heavy (non-hydrogen) atoms.